The van der Waals surface area contributed by atoms with Gasteiger partial charge in [-0.1, -0.05) is 37.3 Å². The number of hydrogen-bond acceptors (Lipinski definition) is 4. The Labute approximate surface area is 204 Å². The highest BCUT2D eigenvalue weighted by molar-refractivity contribution is 7.92. The first kappa shape index (κ1) is 27.4. The zero-order valence-corrected chi connectivity index (χ0v) is 22.1. The fourth-order valence-corrected chi connectivity index (χ4v) is 4.61. The standard InChI is InChI=1S/C26H37N3O4S/c1-8-24(26(31)27-18(2)3)28(16-22-12-10-9-11-20(22)5)25(30)17-29(34(7,32)33)23-14-13-19(4)21(6)15-23/h9-15,18,24H,8,16-17H2,1-7H3,(H,27,31)/t24-/m1/s1. The molecule has 2 aromatic carbocycles. The van der Waals surface area contributed by atoms with Gasteiger partial charge in [-0.15, -0.1) is 0 Å². The van der Waals surface area contributed by atoms with E-state index in [1.165, 1.54) is 4.90 Å². The van der Waals surface area contributed by atoms with Crippen molar-refractivity contribution in [3.8, 4) is 0 Å². The third-order valence-corrected chi connectivity index (χ3v) is 7.02. The summed E-state index contributed by atoms with van der Waals surface area (Å²) in [4.78, 5) is 28.2. The van der Waals surface area contributed by atoms with Gasteiger partial charge in [-0.2, -0.15) is 0 Å². The maximum atomic E-state index is 13.7. The smallest absolute Gasteiger partial charge is 0.244 e. The lowest BCUT2D eigenvalue weighted by molar-refractivity contribution is -0.140. The van der Waals surface area contributed by atoms with Crippen molar-refractivity contribution in [2.24, 2.45) is 0 Å². The summed E-state index contributed by atoms with van der Waals surface area (Å²) in [5, 5.41) is 2.89. The van der Waals surface area contributed by atoms with Crippen LogP contribution in [-0.4, -0.2) is 50.0 Å². The summed E-state index contributed by atoms with van der Waals surface area (Å²) in [6.45, 7) is 11.2. The lowest BCUT2D eigenvalue weighted by Crippen LogP contribution is -2.53. The van der Waals surface area contributed by atoms with Crippen molar-refractivity contribution in [3.05, 3.63) is 64.7 Å². The second kappa shape index (κ2) is 11.5. The molecule has 34 heavy (non-hydrogen) atoms. The largest absolute Gasteiger partial charge is 0.352 e. The zero-order valence-electron chi connectivity index (χ0n) is 21.3. The van der Waals surface area contributed by atoms with E-state index in [1.807, 2.05) is 71.9 Å². The van der Waals surface area contributed by atoms with E-state index in [2.05, 4.69) is 5.32 Å². The minimum Gasteiger partial charge on any atom is -0.352 e. The first-order valence-electron chi connectivity index (χ1n) is 11.5. The normalized spacial score (nSPS) is 12.4. The maximum Gasteiger partial charge on any atom is 0.244 e. The minimum absolute atomic E-state index is 0.0833. The quantitative estimate of drug-likeness (QED) is 0.554. The van der Waals surface area contributed by atoms with Gasteiger partial charge in [0.15, 0.2) is 0 Å². The lowest BCUT2D eigenvalue weighted by Gasteiger charge is -2.33. The fraction of sp³-hybridized carbons (Fsp3) is 0.462. The maximum absolute atomic E-state index is 13.7. The average molecular weight is 488 g/mol. The SMILES string of the molecule is CC[C@H](C(=O)NC(C)C)N(Cc1ccccc1C)C(=O)CN(c1ccc(C)c(C)c1)S(C)(=O)=O. The molecule has 186 valence electrons. The highest BCUT2D eigenvalue weighted by Crippen LogP contribution is 2.23. The first-order valence-corrected chi connectivity index (χ1v) is 13.4. The summed E-state index contributed by atoms with van der Waals surface area (Å²) in [5.41, 5.74) is 4.28. The van der Waals surface area contributed by atoms with Gasteiger partial charge in [0.25, 0.3) is 0 Å². The number of sulfonamides is 1. The van der Waals surface area contributed by atoms with Crippen molar-refractivity contribution in [1.29, 1.82) is 0 Å². The van der Waals surface area contributed by atoms with Crippen LogP contribution >= 0.6 is 0 Å². The van der Waals surface area contributed by atoms with Crippen molar-refractivity contribution in [3.63, 3.8) is 0 Å². The molecule has 0 radical (unpaired) electrons. The number of carbonyl (C=O) groups is 2. The number of hydrogen-bond donors (Lipinski definition) is 1. The third-order valence-electron chi connectivity index (χ3n) is 5.88. The van der Waals surface area contributed by atoms with Crippen molar-refractivity contribution in [2.45, 2.75) is 66.6 Å². The number of carbonyl (C=O) groups excluding carboxylic acids is 2. The molecule has 0 heterocycles. The molecule has 1 atom stereocenters. The molecule has 0 saturated heterocycles. The molecule has 0 fully saturated rings. The van der Waals surface area contributed by atoms with Crippen LogP contribution < -0.4 is 9.62 Å². The number of aryl methyl sites for hydroxylation is 3. The van der Waals surface area contributed by atoms with Crippen molar-refractivity contribution < 1.29 is 18.0 Å². The van der Waals surface area contributed by atoms with E-state index in [0.29, 0.717) is 12.1 Å². The van der Waals surface area contributed by atoms with E-state index in [0.717, 1.165) is 32.8 Å². The zero-order chi connectivity index (χ0) is 25.6. The van der Waals surface area contributed by atoms with E-state index >= 15 is 0 Å². The van der Waals surface area contributed by atoms with Crippen LogP contribution in [0.25, 0.3) is 0 Å². The topological polar surface area (TPSA) is 86.8 Å². The molecule has 8 heteroatoms. The number of anilines is 1. The summed E-state index contributed by atoms with van der Waals surface area (Å²) in [5.74, 6) is -0.686. The van der Waals surface area contributed by atoms with Crippen LogP contribution in [-0.2, 0) is 26.2 Å². The van der Waals surface area contributed by atoms with Crippen LogP contribution in [0.15, 0.2) is 42.5 Å². The highest BCUT2D eigenvalue weighted by atomic mass is 32.2. The Kier molecular flexibility index (Phi) is 9.27. The average Bonchev–Trinajstić information content (AvgIpc) is 2.73. The van der Waals surface area contributed by atoms with Crippen LogP contribution in [0.4, 0.5) is 5.69 Å². The van der Waals surface area contributed by atoms with Gasteiger partial charge in [-0.05, 0) is 75.4 Å². The molecule has 2 amide bonds. The Morgan fingerprint density at radius 2 is 1.62 bits per heavy atom. The molecule has 1 N–H and O–H groups in total. The number of nitrogens with one attached hydrogen (secondary N) is 1. The Morgan fingerprint density at radius 3 is 2.15 bits per heavy atom. The van der Waals surface area contributed by atoms with Crippen LogP contribution in [0.1, 0.15) is 49.4 Å². The van der Waals surface area contributed by atoms with Crippen molar-refractivity contribution in [1.82, 2.24) is 10.2 Å². The summed E-state index contributed by atoms with van der Waals surface area (Å²) in [6, 6.07) is 12.2. The van der Waals surface area contributed by atoms with E-state index in [9.17, 15) is 18.0 Å². The van der Waals surface area contributed by atoms with E-state index in [4.69, 9.17) is 0 Å². The van der Waals surface area contributed by atoms with Gasteiger partial charge in [0.1, 0.15) is 12.6 Å². The van der Waals surface area contributed by atoms with Gasteiger partial charge >= 0.3 is 0 Å². The molecule has 0 spiro atoms. The van der Waals surface area contributed by atoms with Gasteiger partial charge < -0.3 is 10.2 Å². The molecule has 0 aromatic heterocycles. The summed E-state index contributed by atoms with van der Waals surface area (Å²) in [6.07, 6.45) is 1.49. The predicted octanol–water partition coefficient (Wildman–Crippen LogP) is 3.71. The molecule has 0 bridgehead atoms. The predicted molar refractivity (Wildman–Crippen MR) is 137 cm³/mol. The molecule has 0 unspecified atom stereocenters. The minimum atomic E-state index is -3.74. The second-order valence-corrected chi connectivity index (χ2v) is 11.0. The van der Waals surface area contributed by atoms with Gasteiger partial charge in [-0.3, -0.25) is 13.9 Å². The summed E-state index contributed by atoms with van der Waals surface area (Å²) < 4.78 is 26.5. The molecule has 0 saturated carbocycles. The molecule has 0 aliphatic carbocycles. The van der Waals surface area contributed by atoms with E-state index < -0.39 is 28.5 Å². The van der Waals surface area contributed by atoms with E-state index in [1.54, 1.807) is 12.1 Å². The highest BCUT2D eigenvalue weighted by Gasteiger charge is 2.32. The van der Waals surface area contributed by atoms with E-state index in [-0.39, 0.29) is 18.5 Å². The molecule has 0 aliphatic heterocycles. The van der Waals surface area contributed by atoms with Gasteiger partial charge in [0.05, 0.1) is 11.9 Å². The molecule has 0 aliphatic rings. The first-order chi connectivity index (χ1) is 15.8. The Bertz CT molecular complexity index is 1130. The van der Waals surface area contributed by atoms with Crippen LogP contribution in [0.5, 0.6) is 0 Å². The van der Waals surface area contributed by atoms with Crippen LogP contribution in [0.2, 0.25) is 0 Å². The molecular formula is C26H37N3O4S. The second-order valence-electron chi connectivity index (χ2n) is 9.07. The Morgan fingerprint density at radius 1 is 0.971 bits per heavy atom. The number of amides is 2. The van der Waals surface area contributed by atoms with Crippen LogP contribution in [0.3, 0.4) is 0 Å². The van der Waals surface area contributed by atoms with Gasteiger partial charge in [-0.25, -0.2) is 8.42 Å². The molecular weight excluding hydrogens is 450 g/mol. The number of benzene rings is 2. The summed E-state index contributed by atoms with van der Waals surface area (Å²) >= 11 is 0. The van der Waals surface area contributed by atoms with Crippen molar-refractivity contribution >= 4 is 27.5 Å². The summed E-state index contributed by atoms with van der Waals surface area (Å²) in [7, 11) is -3.74. The number of nitrogens with zero attached hydrogens (tertiary/aromatic N) is 2. The molecule has 2 rings (SSSR count). The Balaban J connectivity index is 2.48. The van der Waals surface area contributed by atoms with Crippen LogP contribution in [0, 0.1) is 20.8 Å². The number of rotatable bonds is 10. The Hall–Kier alpha value is -2.87. The third kappa shape index (κ3) is 7.06. The molecule has 7 nitrogen and oxygen atoms in total. The van der Waals surface area contributed by atoms with Gasteiger partial charge in [0, 0.05) is 12.6 Å². The lowest BCUT2D eigenvalue weighted by atomic mass is 10.1. The monoisotopic (exact) mass is 487 g/mol. The molecule has 2 aromatic rings. The fourth-order valence-electron chi connectivity index (χ4n) is 3.77. The van der Waals surface area contributed by atoms with Crippen molar-refractivity contribution in [2.75, 3.05) is 17.1 Å². The van der Waals surface area contributed by atoms with Gasteiger partial charge in [0.2, 0.25) is 21.8 Å².